The smallest absolute Gasteiger partial charge is 0.162 e. The van der Waals surface area contributed by atoms with Crippen LogP contribution in [-0.4, -0.2) is 34.4 Å². The van der Waals surface area contributed by atoms with Gasteiger partial charge in [0.15, 0.2) is 5.15 Å². The summed E-state index contributed by atoms with van der Waals surface area (Å²) >= 11 is 7.18. The lowest BCUT2D eigenvalue weighted by Crippen LogP contribution is -2.33. The number of halogens is 1. The second kappa shape index (κ2) is 5.66. The molecule has 0 amide bonds. The largest absolute Gasteiger partial charge is 0.370 e. The quantitative estimate of drug-likeness (QED) is 0.931. The van der Waals surface area contributed by atoms with E-state index in [1.165, 1.54) is 37.2 Å². The molecule has 1 saturated heterocycles. The molecule has 1 aromatic heterocycles. The first-order valence-electron chi connectivity index (χ1n) is 6.84. The molecule has 6 heteroatoms. The van der Waals surface area contributed by atoms with E-state index in [1.807, 2.05) is 0 Å². The second-order valence-electron chi connectivity index (χ2n) is 5.35. The fraction of sp³-hybridized carbons (Fsp3) is 0.692. The summed E-state index contributed by atoms with van der Waals surface area (Å²) in [7, 11) is 0. The number of likely N-dealkylation sites (tertiary alicyclic amines) is 1. The number of nitrogens with zero attached hydrogens (tertiary/aromatic N) is 3. The molecule has 1 aliphatic heterocycles. The summed E-state index contributed by atoms with van der Waals surface area (Å²) < 4.78 is 4.03. The minimum Gasteiger partial charge on any atom is -0.370 e. The summed E-state index contributed by atoms with van der Waals surface area (Å²) in [5, 5.41) is 13.7. The van der Waals surface area contributed by atoms with Crippen molar-refractivity contribution in [3.63, 3.8) is 0 Å². The Bertz CT molecular complexity index is 489. The van der Waals surface area contributed by atoms with Crippen molar-refractivity contribution >= 4 is 28.1 Å². The molecular weight excluding hydrogens is 280 g/mol. The molecule has 2 heterocycles. The standard InChI is InChI=1S/C13H17ClN4S/c14-12-11(7-15)13(19-17-12)16-9-5-6-18(8-9)10-3-1-2-4-10/h9-10,16H,1-6,8H2. The van der Waals surface area contributed by atoms with Crippen LogP contribution in [0.25, 0.3) is 0 Å². The molecule has 19 heavy (non-hydrogen) atoms. The predicted molar refractivity (Wildman–Crippen MR) is 77.7 cm³/mol. The number of hydrogen-bond acceptors (Lipinski definition) is 5. The Labute approximate surface area is 122 Å². The van der Waals surface area contributed by atoms with Crippen LogP contribution in [0, 0.1) is 11.3 Å². The Kier molecular flexibility index (Phi) is 3.92. The van der Waals surface area contributed by atoms with Crippen LogP contribution in [0.15, 0.2) is 0 Å². The molecule has 3 rings (SSSR count). The molecule has 1 aromatic rings. The van der Waals surface area contributed by atoms with E-state index >= 15 is 0 Å². The lowest BCUT2D eigenvalue weighted by Gasteiger charge is -2.23. The maximum absolute atomic E-state index is 9.07. The van der Waals surface area contributed by atoms with Crippen LogP contribution in [0.1, 0.15) is 37.7 Å². The molecule has 1 aliphatic carbocycles. The highest BCUT2D eigenvalue weighted by molar-refractivity contribution is 7.10. The number of rotatable bonds is 3. The lowest BCUT2D eigenvalue weighted by molar-refractivity contribution is 0.245. The van der Waals surface area contributed by atoms with Crippen molar-refractivity contribution in [3.05, 3.63) is 10.7 Å². The molecule has 2 fully saturated rings. The highest BCUT2D eigenvalue weighted by Gasteiger charge is 2.30. The van der Waals surface area contributed by atoms with Crippen LogP contribution in [0.3, 0.4) is 0 Å². The molecule has 1 N–H and O–H groups in total. The van der Waals surface area contributed by atoms with Crippen molar-refractivity contribution in [3.8, 4) is 6.07 Å². The van der Waals surface area contributed by atoms with E-state index < -0.39 is 0 Å². The SMILES string of the molecule is N#Cc1c(Cl)nsc1NC1CCN(C2CCCC2)C1. The molecule has 0 radical (unpaired) electrons. The van der Waals surface area contributed by atoms with Gasteiger partial charge in [0.05, 0.1) is 0 Å². The zero-order valence-electron chi connectivity index (χ0n) is 10.7. The first kappa shape index (κ1) is 13.2. The Morgan fingerprint density at radius 1 is 1.37 bits per heavy atom. The number of nitriles is 1. The third kappa shape index (κ3) is 2.71. The van der Waals surface area contributed by atoms with Crippen LogP contribution in [-0.2, 0) is 0 Å². The van der Waals surface area contributed by atoms with E-state index in [0.29, 0.717) is 16.8 Å². The fourth-order valence-corrected chi connectivity index (χ4v) is 4.17. The first-order chi connectivity index (χ1) is 9.28. The summed E-state index contributed by atoms with van der Waals surface area (Å²) in [6.07, 6.45) is 6.59. The molecule has 1 saturated carbocycles. The van der Waals surface area contributed by atoms with E-state index in [-0.39, 0.29) is 0 Å². The van der Waals surface area contributed by atoms with Gasteiger partial charge in [0, 0.05) is 25.2 Å². The number of aromatic nitrogens is 1. The molecule has 4 nitrogen and oxygen atoms in total. The van der Waals surface area contributed by atoms with Gasteiger partial charge in [0.25, 0.3) is 0 Å². The third-order valence-electron chi connectivity index (χ3n) is 4.16. The van der Waals surface area contributed by atoms with Gasteiger partial charge in [-0.15, -0.1) is 0 Å². The van der Waals surface area contributed by atoms with E-state index in [1.54, 1.807) is 0 Å². The average molecular weight is 297 g/mol. The summed E-state index contributed by atoms with van der Waals surface area (Å²) in [5.74, 6) is 0. The molecule has 2 aliphatic rings. The van der Waals surface area contributed by atoms with E-state index in [4.69, 9.17) is 16.9 Å². The highest BCUT2D eigenvalue weighted by Crippen LogP contribution is 2.31. The summed E-state index contributed by atoms with van der Waals surface area (Å²) in [5.41, 5.74) is 0.492. The number of anilines is 1. The normalized spacial score (nSPS) is 24.7. The molecular formula is C13H17ClN4S. The van der Waals surface area contributed by atoms with Crippen LogP contribution in [0.4, 0.5) is 5.00 Å². The molecule has 1 atom stereocenters. The van der Waals surface area contributed by atoms with E-state index in [0.717, 1.165) is 30.6 Å². The molecule has 0 spiro atoms. The lowest BCUT2D eigenvalue weighted by atomic mass is 10.2. The van der Waals surface area contributed by atoms with Gasteiger partial charge in [0.1, 0.15) is 16.6 Å². The number of hydrogen-bond donors (Lipinski definition) is 1. The van der Waals surface area contributed by atoms with Gasteiger partial charge in [-0.25, -0.2) is 0 Å². The van der Waals surface area contributed by atoms with Gasteiger partial charge < -0.3 is 5.32 Å². The minimum absolute atomic E-state index is 0.320. The summed E-state index contributed by atoms with van der Waals surface area (Å²) in [6, 6.07) is 3.33. The van der Waals surface area contributed by atoms with Crippen LogP contribution < -0.4 is 5.32 Å². The van der Waals surface area contributed by atoms with Crippen molar-refractivity contribution in [1.82, 2.24) is 9.27 Å². The van der Waals surface area contributed by atoms with Crippen LogP contribution >= 0.6 is 23.1 Å². The molecule has 0 aromatic carbocycles. The van der Waals surface area contributed by atoms with Crippen molar-refractivity contribution in [2.45, 2.75) is 44.2 Å². The zero-order valence-corrected chi connectivity index (χ0v) is 12.3. The van der Waals surface area contributed by atoms with Crippen molar-refractivity contribution in [2.75, 3.05) is 18.4 Å². The van der Waals surface area contributed by atoms with Crippen LogP contribution in [0.5, 0.6) is 0 Å². The van der Waals surface area contributed by atoms with Crippen molar-refractivity contribution < 1.29 is 0 Å². The Morgan fingerprint density at radius 2 is 2.16 bits per heavy atom. The van der Waals surface area contributed by atoms with Gasteiger partial charge in [0.2, 0.25) is 0 Å². The monoisotopic (exact) mass is 296 g/mol. The molecule has 1 unspecified atom stereocenters. The van der Waals surface area contributed by atoms with Crippen LogP contribution in [0.2, 0.25) is 5.15 Å². The third-order valence-corrected chi connectivity index (χ3v) is 5.31. The second-order valence-corrected chi connectivity index (χ2v) is 6.48. The van der Waals surface area contributed by atoms with Crippen molar-refractivity contribution in [1.29, 1.82) is 5.26 Å². The zero-order chi connectivity index (χ0) is 13.2. The minimum atomic E-state index is 0.320. The molecule has 0 bridgehead atoms. The van der Waals surface area contributed by atoms with Gasteiger partial charge in [-0.2, -0.15) is 9.64 Å². The van der Waals surface area contributed by atoms with Crippen molar-refractivity contribution in [2.24, 2.45) is 0 Å². The Hall–Kier alpha value is -0.830. The summed E-state index contributed by atoms with van der Waals surface area (Å²) in [6.45, 7) is 2.24. The van der Waals surface area contributed by atoms with Gasteiger partial charge >= 0.3 is 0 Å². The molecule has 102 valence electrons. The first-order valence-corrected chi connectivity index (χ1v) is 7.99. The maximum Gasteiger partial charge on any atom is 0.162 e. The number of nitrogens with one attached hydrogen (secondary N) is 1. The van der Waals surface area contributed by atoms with E-state index in [9.17, 15) is 0 Å². The van der Waals surface area contributed by atoms with Gasteiger partial charge in [-0.1, -0.05) is 24.4 Å². The van der Waals surface area contributed by atoms with Gasteiger partial charge in [-0.3, -0.25) is 4.90 Å². The highest BCUT2D eigenvalue weighted by atomic mass is 35.5. The Morgan fingerprint density at radius 3 is 2.89 bits per heavy atom. The predicted octanol–water partition coefficient (Wildman–Crippen LogP) is 3.10. The maximum atomic E-state index is 9.07. The topological polar surface area (TPSA) is 52.0 Å². The summed E-state index contributed by atoms with van der Waals surface area (Å²) in [4.78, 5) is 2.60. The Balaban J connectivity index is 1.61. The van der Waals surface area contributed by atoms with Gasteiger partial charge in [-0.05, 0) is 30.8 Å². The van der Waals surface area contributed by atoms with E-state index in [2.05, 4.69) is 20.7 Å². The average Bonchev–Trinajstić information content (AvgIpc) is 3.11. The fourth-order valence-electron chi connectivity index (χ4n) is 3.16.